The molecule has 166 valence electrons. The molecule has 0 N–H and O–H groups in total. The van der Waals surface area contributed by atoms with E-state index in [0.717, 1.165) is 12.8 Å². The van der Waals surface area contributed by atoms with Gasteiger partial charge in [-0.15, -0.1) is 0 Å². The van der Waals surface area contributed by atoms with Gasteiger partial charge in [-0.25, -0.2) is 4.79 Å². The molecule has 3 atom stereocenters. The van der Waals surface area contributed by atoms with E-state index in [1.54, 1.807) is 0 Å². The van der Waals surface area contributed by atoms with E-state index in [1.807, 2.05) is 6.92 Å². The Morgan fingerprint density at radius 2 is 1.69 bits per heavy atom. The van der Waals surface area contributed by atoms with Crippen molar-refractivity contribution in [2.24, 2.45) is 22.2 Å². The number of esters is 3. The molecule has 0 bridgehead atoms. The molecule has 2 fully saturated rings. The van der Waals surface area contributed by atoms with E-state index in [9.17, 15) is 14.4 Å². The van der Waals surface area contributed by atoms with E-state index >= 15 is 0 Å². The van der Waals surface area contributed by atoms with E-state index in [0.29, 0.717) is 19.3 Å². The Kier molecular flexibility index (Phi) is 7.06. The van der Waals surface area contributed by atoms with Crippen molar-refractivity contribution in [3.63, 3.8) is 0 Å². The van der Waals surface area contributed by atoms with E-state index in [2.05, 4.69) is 41.5 Å². The predicted molar refractivity (Wildman–Crippen MR) is 109 cm³/mol. The van der Waals surface area contributed by atoms with Gasteiger partial charge < -0.3 is 14.2 Å². The van der Waals surface area contributed by atoms with Crippen LogP contribution in [0.15, 0.2) is 0 Å². The first-order valence-electron chi connectivity index (χ1n) is 10.9. The van der Waals surface area contributed by atoms with Gasteiger partial charge in [0.2, 0.25) is 0 Å². The molecule has 1 aliphatic carbocycles. The van der Waals surface area contributed by atoms with Crippen LogP contribution in [0.3, 0.4) is 0 Å². The minimum atomic E-state index is -0.627. The highest BCUT2D eigenvalue weighted by atomic mass is 16.6. The molecular formula is C23H38O6. The summed E-state index contributed by atoms with van der Waals surface area (Å²) < 4.78 is 16.3. The zero-order valence-corrected chi connectivity index (χ0v) is 19.1. The molecule has 0 aromatic rings. The molecule has 1 aliphatic heterocycles. The van der Waals surface area contributed by atoms with Crippen LogP contribution in [-0.4, -0.2) is 36.7 Å². The monoisotopic (exact) mass is 410 g/mol. The summed E-state index contributed by atoms with van der Waals surface area (Å²) in [5, 5.41) is 0. The van der Waals surface area contributed by atoms with E-state index in [-0.39, 0.29) is 35.1 Å². The third-order valence-corrected chi connectivity index (χ3v) is 6.12. The smallest absolute Gasteiger partial charge is 0.344 e. The topological polar surface area (TPSA) is 78.9 Å². The fourth-order valence-electron chi connectivity index (χ4n) is 4.67. The third-order valence-electron chi connectivity index (χ3n) is 6.12. The zero-order chi connectivity index (χ0) is 22.0. The van der Waals surface area contributed by atoms with Crippen LogP contribution in [0.4, 0.5) is 0 Å². The summed E-state index contributed by atoms with van der Waals surface area (Å²) in [6.07, 6.45) is 3.06. The van der Waals surface area contributed by atoms with Gasteiger partial charge in [-0.2, -0.15) is 0 Å². The molecule has 6 nitrogen and oxygen atoms in total. The van der Waals surface area contributed by atoms with E-state index in [1.165, 1.54) is 0 Å². The predicted octanol–water partition coefficient (Wildman–Crippen LogP) is 4.44. The second-order valence-corrected chi connectivity index (χ2v) is 10.8. The highest BCUT2D eigenvalue weighted by molar-refractivity contribution is 5.82. The molecule has 2 rings (SSSR count). The van der Waals surface area contributed by atoms with Crippen LogP contribution < -0.4 is 0 Å². The lowest BCUT2D eigenvalue weighted by Crippen LogP contribution is -2.49. The average molecular weight is 411 g/mol. The second-order valence-electron chi connectivity index (χ2n) is 10.8. The van der Waals surface area contributed by atoms with Gasteiger partial charge in [0.25, 0.3) is 0 Å². The Balaban J connectivity index is 2.04. The Morgan fingerprint density at radius 3 is 2.17 bits per heavy atom. The largest absolute Gasteiger partial charge is 0.458 e. The summed E-state index contributed by atoms with van der Waals surface area (Å²) in [5.41, 5.74) is -0.957. The number of carbonyl (C=O) groups is 3. The maximum absolute atomic E-state index is 13.3. The first kappa shape index (κ1) is 23.7. The Bertz CT molecular complexity index is 622. The fourth-order valence-corrected chi connectivity index (χ4v) is 4.67. The van der Waals surface area contributed by atoms with Crippen LogP contribution >= 0.6 is 0 Å². The van der Waals surface area contributed by atoms with Crippen LogP contribution in [0.1, 0.15) is 87.0 Å². The van der Waals surface area contributed by atoms with Crippen molar-refractivity contribution in [1.29, 1.82) is 0 Å². The number of carbonyl (C=O) groups excluding carboxylic acids is 3. The standard InChI is InChI=1S/C23H38O6/c1-8-16-17(11-12-18(24)28-16)29-19(25)13-27-20(26)23(15-9-10-15,22(5,6)7)14-21(2,3)4/h15-17H,8-14H2,1-7H3. The first-order chi connectivity index (χ1) is 13.3. The Labute approximate surface area is 175 Å². The molecule has 0 aromatic heterocycles. The highest BCUT2D eigenvalue weighted by Crippen LogP contribution is 2.60. The molecule has 3 unspecified atom stereocenters. The minimum absolute atomic E-state index is 0.0459. The quantitative estimate of drug-likeness (QED) is 0.456. The number of hydrogen-bond donors (Lipinski definition) is 0. The first-order valence-corrected chi connectivity index (χ1v) is 10.9. The van der Waals surface area contributed by atoms with Gasteiger partial charge in [0.05, 0.1) is 5.41 Å². The summed E-state index contributed by atoms with van der Waals surface area (Å²) in [7, 11) is 0. The zero-order valence-electron chi connectivity index (χ0n) is 19.1. The van der Waals surface area contributed by atoms with Crippen molar-refractivity contribution in [1.82, 2.24) is 0 Å². The van der Waals surface area contributed by atoms with Gasteiger partial charge >= 0.3 is 17.9 Å². The van der Waals surface area contributed by atoms with Crippen molar-refractivity contribution >= 4 is 17.9 Å². The highest BCUT2D eigenvalue weighted by Gasteiger charge is 2.59. The van der Waals surface area contributed by atoms with Gasteiger partial charge in [-0.3, -0.25) is 9.59 Å². The number of hydrogen-bond acceptors (Lipinski definition) is 6. The Morgan fingerprint density at radius 1 is 1.07 bits per heavy atom. The summed E-state index contributed by atoms with van der Waals surface area (Å²) >= 11 is 0. The van der Waals surface area contributed by atoms with Gasteiger partial charge in [0, 0.05) is 6.42 Å². The van der Waals surface area contributed by atoms with Gasteiger partial charge in [-0.05, 0) is 48.9 Å². The van der Waals surface area contributed by atoms with Gasteiger partial charge in [-0.1, -0.05) is 48.5 Å². The minimum Gasteiger partial charge on any atom is -0.458 e. The summed E-state index contributed by atoms with van der Waals surface area (Å²) in [6, 6.07) is 0. The lowest BCUT2D eigenvalue weighted by molar-refractivity contribution is -0.185. The molecule has 0 aromatic carbocycles. The van der Waals surface area contributed by atoms with Crippen LogP contribution in [0.2, 0.25) is 0 Å². The normalized spacial score (nSPS) is 25.0. The maximum atomic E-state index is 13.3. The number of ether oxygens (including phenoxy) is 3. The fraction of sp³-hybridized carbons (Fsp3) is 0.870. The average Bonchev–Trinajstić information content (AvgIpc) is 3.42. The molecule has 0 amide bonds. The summed E-state index contributed by atoms with van der Waals surface area (Å²) in [4.78, 5) is 37.1. The van der Waals surface area contributed by atoms with Gasteiger partial charge in [0.1, 0.15) is 12.2 Å². The lowest BCUT2D eigenvalue weighted by Gasteiger charge is -2.46. The molecule has 1 heterocycles. The number of cyclic esters (lactones) is 1. The molecule has 1 saturated heterocycles. The molecule has 29 heavy (non-hydrogen) atoms. The third kappa shape index (κ3) is 5.73. The molecule has 0 radical (unpaired) electrons. The summed E-state index contributed by atoms with van der Waals surface area (Å²) in [5.74, 6) is -0.875. The van der Waals surface area contributed by atoms with Crippen molar-refractivity contribution in [2.75, 3.05) is 6.61 Å². The van der Waals surface area contributed by atoms with Crippen molar-refractivity contribution in [3.8, 4) is 0 Å². The van der Waals surface area contributed by atoms with Gasteiger partial charge in [0.15, 0.2) is 6.61 Å². The number of rotatable bonds is 7. The molecular weight excluding hydrogens is 372 g/mol. The van der Waals surface area contributed by atoms with Crippen molar-refractivity contribution in [3.05, 3.63) is 0 Å². The van der Waals surface area contributed by atoms with Crippen molar-refractivity contribution < 1.29 is 28.6 Å². The second kappa shape index (κ2) is 8.65. The van der Waals surface area contributed by atoms with E-state index in [4.69, 9.17) is 14.2 Å². The molecule has 2 aliphatic rings. The Hall–Kier alpha value is -1.59. The molecule has 0 spiro atoms. The SMILES string of the molecule is CCC1OC(=O)CCC1OC(=O)COC(=O)C(CC(C)(C)C)(C1CC1)C(C)(C)C. The lowest BCUT2D eigenvalue weighted by atomic mass is 9.57. The van der Waals surface area contributed by atoms with Crippen LogP contribution in [-0.2, 0) is 28.6 Å². The molecule has 1 saturated carbocycles. The summed E-state index contributed by atoms with van der Waals surface area (Å²) in [6.45, 7) is 14.1. The molecule has 6 heteroatoms. The van der Waals surface area contributed by atoms with Crippen LogP contribution in [0, 0.1) is 22.2 Å². The van der Waals surface area contributed by atoms with E-state index < -0.39 is 30.2 Å². The van der Waals surface area contributed by atoms with Crippen LogP contribution in [0.25, 0.3) is 0 Å². The van der Waals surface area contributed by atoms with Crippen molar-refractivity contribution in [2.45, 2.75) is 99.2 Å². The maximum Gasteiger partial charge on any atom is 0.344 e. The van der Waals surface area contributed by atoms with Crippen LogP contribution in [0.5, 0.6) is 0 Å².